The summed E-state index contributed by atoms with van der Waals surface area (Å²) in [6.45, 7) is 0. The van der Waals surface area contributed by atoms with Gasteiger partial charge in [-0.25, -0.2) is 0 Å². The summed E-state index contributed by atoms with van der Waals surface area (Å²) in [4.78, 5) is 16.5. The van der Waals surface area contributed by atoms with Gasteiger partial charge in [0.05, 0.1) is 12.5 Å². The zero-order valence-electron chi connectivity index (χ0n) is 8.54. The maximum atomic E-state index is 11.9. The van der Waals surface area contributed by atoms with Gasteiger partial charge in [-0.2, -0.15) is 0 Å². The first kappa shape index (κ1) is 10.2. The van der Waals surface area contributed by atoms with Gasteiger partial charge < -0.3 is 13.7 Å². The number of ketones is 1. The molecule has 2 aromatic rings. The number of oxime groups is 1. The molecule has 0 aliphatic heterocycles. The van der Waals surface area contributed by atoms with Gasteiger partial charge in [-0.05, 0) is 24.3 Å². The lowest BCUT2D eigenvalue weighted by molar-refractivity contribution is 0.103. The van der Waals surface area contributed by atoms with E-state index in [4.69, 9.17) is 8.83 Å². The molecule has 0 radical (unpaired) electrons. The molecule has 5 nitrogen and oxygen atoms in total. The van der Waals surface area contributed by atoms with Crippen LogP contribution in [0.3, 0.4) is 0 Å². The minimum atomic E-state index is -0.387. The van der Waals surface area contributed by atoms with Crippen LogP contribution in [0.4, 0.5) is 0 Å². The highest BCUT2D eigenvalue weighted by atomic mass is 16.6. The Morgan fingerprint density at radius 1 is 1.19 bits per heavy atom. The van der Waals surface area contributed by atoms with Crippen LogP contribution < -0.4 is 0 Å². The standard InChI is InChI=1S/C11H9NO4/c1-14-12-10(8-4-2-6-15-8)11(13)9-5-3-7-16-9/h2-7H,1H3/b12-10+. The molecule has 0 aliphatic rings. The number of nitrogens with zero attached hydrogens (tertiary/aromatic N) is 1. The molecule has 82 valence electrons. The third kappa shape index (κ3) is 1.88. The van der Waals surface area contributed by atoms with Crippen LogP contribution in [0.5, 0.6) is 0 Å². The van der Waals surface area contributed by atoms with Crippen LogP contribution in [-0.2, 0) is 4.84 Å². The van der Waals surface area contributed by atoms with E-state index >= 15 is 0 Å². The Morgan fingerprint density at radius 3 is 2.31 bits per heavy atom. The van der Waals surface area contributed by atoms with Crippen LogP contribution >= 0.6 is 0 Å². The Labute approximate surface area is 91.3 Å². The lowest BCUT2D eigenvalue weighted by Crippen LogP contribution is -2.14. The van der Waals surface area contributed by atoms with Gasteiger partial charge in [0.1, 0.15) is 7.11 Å². The van der Waals surface area contributed by atoms with Gasteiger partial charge in [-0.3, -0.25) is 4.79 Å². The van der Waals surface area contributed by atoms with Gasteiger partial charge in [0.15, 0.2) is 17.2 Å². The number of rotatable bonds is 4. The molecule has 0 N–H and O–H groups in total. The Bertz CT molecular complexity index is 482. The molecule has 0 fully saturated rings. The summed E-state index contributed by atoms with van der Waals surface area (Å²) >= 11 is 0. The maximum Gasteiger partial charge on any atom is 0.253 e. The van der Waals surface area contributed by atoms with Gasteiger partial charge in [-0.1, -0.05) is 5.16 Å². The molecule has 0 aromatic carbocycles. The SMILES string of the molecule is CO/N=C(/C(=O)c1ccco1)c1ccco1. The van der Waals surface area contributed by atoms with Crippen molar-refractivity contribution in [1.29, 1.82) is 0 Å². The summed E-state index contributed by atoms with van der Waals surface area (Å²) in [7, 11) is 1.36. The Morgan fingerprint density at radius 2 is 1.81 bits per heavy atom. The van der Waals surface area contributed by atoms with Crippen LogP contribution in [0.25, 0.3) is 0 Å². The molecule has 2 rings (SSSR count). The minimum Gasteiger partial charge on any atom is -0.462 e. The van der Waals surface area contributed by atoms with Crippen molar-refractivity contribution in [3.05, 3.63) is 48.3 Å². The van der Waals surface area contributed by atoms with Gasteiger partial charge in [0.2, 0.25) is 0 Å². The molecular weight excluding hydrogens is 210 g/mol. The number of Topliss-reactive ketones (excluding diaryl/α,β-unsaturated/α-hetero) is 1. The molecular formula is C11H9NO4. The Kier molecular flexibility index (Phi) is 2.86. The number of hydrogen-bond donors (Lipinski definition) is 0. The van der Waals surface area contributed by atoms with Crippen LogP contribution in [0, 0.1) is 0 Å². The average molecular weight is 219 g/mol. The Balaban J connectivity index is 2.35. The molecule has 0 unspecified atom stereocenters. The molecule has 0 amide bonds. The van der Waals surface area contributed by atoms with Crippen molar-refractivity contribution >= 4 is 11.5 Å². The van der Waals surface area contributed by atoms with Crippen molar-refractivity contribution in [2.45, 2.75) is 0 Å². The highest BCUT2D eigenvalue weighted by Crippen LogP contribution is 2.10. The minimum absolute atomic E-state index is 0.0717. The van der Waals surface area contributed by atoms with Crippen LogP contribution in [0.15, 0.2) is 50.8 Å². The molecule has 0 bridgehead atoms. The lowest BCUT2D eigenvalue weighted by Gasteiger charge is -1.98. The predicted octanol–water partition coefficient (Wildman–Crippen LogP) is 2.11. The van der Waals surface area contributed by atoms with Gasteiger partial charge in [-0.15, -0.1) is 0 Å². The van der Waals surface area contributed by atoms with E-state index in [1.807, 2.05) is 0 Å². The summed E-state index contributed by atoms with van der Waals surface area (Å²) < 4.78 is 10.1. The molecule has 0 aliphatic carbocycles. The van der Waals surface area contributed by atoms with Crippen molar-refractivity contribution in [2.24, 2.45) is 5.16 Å². The van der Waals surface area contributed by atoms with E-state index in [9.17, 15) is 4.79 Å². The summed E-state index contributed by atoms with van der Waals surface area (Å²) in [6.07, 6.45) is 2.87. The highest BCUT2D eigenvalue weighted by Gasteiger charge is 2.21. The molecule has 0 saturated carbocycles. The zero-order valence-corrected chi connectivity index (χ0v) is 8.54. The molecule has 5 heteroatoms. The summed E-state index contributed by atoms with van der Waals surface area (Å²) in [5.74, 6) is 0.136. The molecule has 2 aromatic heterocycles. The third-order valence-electron chi connectivity index (χ3n) is 1.90. The van der Waals surface area contributed by atoms with E-state index in [0.29, 0.717) is 5.76 Å². The number of hydrogen-bond acceptors (Lipinski definition) is 5. The summed E-state index contributed by atoms with van der Waals surface area (Å²) in [5, 5.41) is 3.64. The summed E-state index contributed by atoms with van der Waals surface area (Å²) in [5.41, 5.74) is 0.0717. The number of carbonyl (C=O) groups excluding carboxylic acids is 1. The monoisotopic (exact) mass is 219 g/mol. The molecule has 0 spiro atoms. The van der Waals surface area contributed by atoms with Gasteiger partial charge in [0, 0.05) is 0 Å². The predicted molar refractivity (Wildman–Crippen MR) is 55.3 cm³/mol. The normalized spacial score (nSPS) is 11.4. The quantitative estimate of drug-likeness (QED) is 0.448. The first-order valence-electron chi connectivity index (χ1n) is 4.56. The number of carbonyl (C=O) groups is 1. The second-order valence-corrected chi connectivity index (χ2v) is 2.91. The molecule has 16 heavy (non-hydrogen) atoms. The van der Waals surface area contributed by atoms with Crippen molar-refractivity contribution < 1.29 is 18.5 Å². The third-order valence-corrected chi connectivity index (χ3v) is 1.90. The lowest BCUT2D eigenvalue weighted by atomic mass is 10.1. The fraction of sp³-hybridized carbons (Fsp3) is 0.0909. The highest BCUT2D eigenvalue weighted by molar-refractivity contribution is 6.50. The van der Waals surface area contributed by atoms with Crippen molar-refractivity contribution in [1.82, 2.24) is 0 Å². The van der Waals surface area contributed by atoms with Gasteiger partial charge in [0.25, 0.3) is 5.78 Å². The first-order valence-corrected chi connectivity index (χ1v) is 4.56. The zero-order chi connectivity index (χ0) is 11.4. The number of furan rings is 2. The van der Waals surface area contributed by atoms with E-state index in [1.54, 1.807) is 24.3 Å². The van der Waals surface area contributed by atoms with E-state index < -0.39 is 0 Å². The first-order chi connectivity index (χ1) is 7.83. The second-order valence-electron chi connectivity index (χ2n) is 2.91. The van der Waals surface area contributed by atoms with Crippen molar-refractivity contribution in [3.63, 3.8) is 0 Å². The van der Waals surface area contributed by atoms with Crippen LogP contribution in [-0.4, -0.2) is 18.6 Å². The molecule has 0 atom stereocenters. The fourth-order valence-electron chi connectivity index (χ4n) is 1.23. The molecule has 2 heterocycles. The van der Waals surface area contributed by atoms with E-state index in [0.717, 1.165) is 0 Å². The van der Waals surface area contributed by atoms with E-state index in [-0.39, 0.29) is 17.3 Å². The topological polar surface area (TPSA) is 64.9 Å². The van der Waals surface area contributed by atoms with Crippen molar-refractivity contribution in [3.8, 4) is 0 Å². The van der Waals surface area contributed by atoms with Gasteiger partial charge >= 0.3 is 0 Å². The van der Waals surface area contributed by atoms with E-state index in [2.05, 4.69) is 9.99 Å². The summed E-state index contributed by atoms with van der Waals surface area (Å²) in [6, 6.07) is 6.46. The van der Waals surface area contributed by atoms with Crippen LogP contribution in [0.1, 0.15) is 16.3 Å². The fourth-order valence-corrected chi connectivity index (χ4v) is 1.23. The van der Waals surface area contributed by atoms with Crippen LogP contribution in [0.2, 0.25) is 0 Å². The Hall–Kier alpha value is -2.30. The van der Waals surface area contributed by atoms with Crippen molar-refractivity contribution in [2.75, 3.05) is 7.11 Å². The second kappa shape index (κ2) is 4.48. The largest absolute Gasteiger partial charge is 0.462 e. The average Bonchev–Trinajstić information content (AvgIpc) is 2.96. The van der Waals surface area contributed by atoms with E-state index in [1.165, 1.54) is 19.6 Å². The smallest absolute Gasteiger partial charge is 0.253 e. The maximum absolute atomic E-state index is 11.9. The molecule has 0 saturated heterocycles.